The van der Waals surface area contributed by atoms with E-state index in [1.54, 1.807) is 0 Å². The van der Waals surface area contributed by atoms with Crippen molar-refractivity contribution in [3.8, 4) is 5.75 Å². The fourth-order valence-corrected chi connectivity index (χ4v) is 5.30. The second-order valence-electron chi connectivity index (χ2n) is 8.37. The molecule has 1 aromatic carbocycles. The summed E-state index contributed by atoms with van der Waals surface area (Å²) in [5.74, 6) is -0.534. The summed E-state index contributed by atoms with van der Waals surface area (Å²) in [6.45, 7) is -0.978. The highest BCUT2D eigenvalue weighted by atomic mass is 19.3. The van der Waals surface area contributed by atoms with Crippen molar-refractivity contribution >= 4 is 0 Å². The molecular formula is C22H30F4O. The first kappa shape index (κ1) is 20.5. The number of hydrogen-bond acceptors (Lipinski definition) is 1. The van der Waals surface area contributed by atoms with E-state index in [-0.39, 0.29) is 5.92 Å². The molecule has 152 valence electrons. The van der Waals surface area contributed by atoms with Crippen molar-refractivity contribution in [1.29, 1.82) is 0 Å². The normalized spacial score (nSPS) is 29.1. The third-order valence-corrected chi connectivity index (χ3v) is 6.73. The van der Waals surface area contributed by atoms with Gasteiger partial charge in [0.25, 0.3) is 0 Å². The van der Waals surface area contributed by atoms with E-state index >= 15 is 0 Å². The Kier molecular flexibility index (Phi) is 7.04. The quantitative estimate of drug-likeness (QED) is 0.461. The van der Waals surface area contributed by atoms with Crippen molar-refractivity contribution in [2.45, 2.75) is 83.7 Å². The first-order valence-electron chi connectivity index (χ1n) is 10.4. The molecule has 0 amide bonds. The first-order chi connectivity index (χ1) is 13.0. The topological polar surface area (TPSA) is 9.23 Å². The van der Waals surface area contributed by atoms with Gasteiger partial charge in [0.1, 0.15) is 0 Å². The molecule has 27 heavy (non-hydrogen) atoms. The molecule has 2 aliphatic carbocycles. The van der Waals surface area contributed by atoms with Crippen LogP contribution in [-0.2, 0) is 0 Å². The van der Waals surface area contributed by atoms with Crippen LogP contribution in [-0.4, -0.2) is 6.61 Å². The van der Waals surface area contributed by atoms with E-state index in [9.17, 15) is 17.6 Å². The number of alkyl halides is 2. The van der Waals surface area contributed by atoms with Crippen molar-refractivity contribution < 1.29 is 22.3 Å². The van der Waals surface area contributed by atoms with Crippen LogP contribution in [0.3, 0.4) is 0 Å². The second kappa shape index (κ2) is 9.29. The van der Waals surface area contributed by atoms with Gasteiger partial charge in [-0.25, -0.2) is 8.78 Å². The summed E-state index contributed by atoms with van der Waals surface area (Å²) in [6, 6.07) is 2.34. The Morgan fingerprint density at radius 2 is 1.41 bits per heavy atom. The molecule has 0 unspecified atom stereocenters. The van der Waals surface area contributed by atoms with Crippen molar-refractivity contribution in [3.05, 3.63) is 29.3 Å². The van der Waals surface area contributed by atoms with E-state index in [0.29, 0.717) is 5.56 Å². The minimum Gasteiger partial charge on any atom is -0.429 e. The smallest absolute Gasteiger partial charge is 0.387 e. The van der Waals surface area contributed by atoms with E-state index in [4.69, 9.17) is 0 Å². The SMILES string of the molecule is CCCC1CCC(C2CCC(c3cc(F)c(OC(F)F)c(F)c3)CC2)CC1. The second-order valence-corrected chi connectivity index (χ2v) is 8.37. The van der Waals surface area contributed by atoms with Gasteiger partial charge in [0, 0.05) is 0 Å². The van der Waals surface area contributed by atoms with Gasteiger partial charge in [0.05, 0.1) is 0 Å². The highest BCUT2D eigenvalue weighted by Gasteiger charge is 2.31. The van der Waals surface area contributed by atoms with Gasteiger partial charge in [-0.2, -0.15) is 8.78 Å². The summed E-state index contributed by atoms with van der Waals surface area (Å²) in [5, 5.41) is 0. The number of hydrogen-bond donors (Lipinski definition) is 0. The minimum atomic E-state index is -3.23. The summed E-state index contributed by atoms with van der Waals surface area (Å²) in [6.07, 6.45) is 12.0. The van der Waals surface area contributed by atoms with Gasteiger partial charge in [-0.15, -0.1) is 0 Å². The van der Waals surface area contributed by atoms with E-state index < -0.39 is 24.0 Å². The molecule has 0 radical (unpaired) electrons. The van der Waals surface area contributed by atoms with Gasteiger partial charge in [-0.1, -0.05) is 32.6 Å². The molecule has 1 nitrogen and oxygen atoms in total. The summed E-state index contributed by atoms with van der Waals surface area (Å²) >= 11 is 0. The lowest BCUT2D eigenvalue weighted by atomic mass is 9.68. The van der Waals surface area contributed by atoms with Crippen LogP contribution >= 0.6 is 0 Å². The lowest BCUT2D eigenvalue weighted by Crippen LogP contribution is -2.25. The van der Waals surface area contributed by atoms with Gasteiger partial charge < -0.3 is 4.74 Å². The zero-order chi connectivity index (χ0) is 19.4. The van der Waals surface area contributed by atoms with Crippen LogP contribution in [0.5, 0.6) is 5.75 Å². The lowest BCUT2D eigenvalue weighted by Gasteiger charge is -2.38. The minimum absolute atomic E-state index is 0.0993. The third kappa shape index (κ3) is 5.17. The average Bonchev–Trinajstić information content (AvgIpc) is 2.65. The summed E-state index contributed by atoms with van der Waals surface area (Å²) < 4.78 is 56.5. The van der Waals surface area contributed by atoms with Crippen molar-refractivity contribution in [2.75, 3.05) is 0 Å². The Balaban J connectivity index is 1.55. The van der Waals surface area contributed by atoms with Crippen LogP contribution < -0.4 is 4.74 Å². The standard InChI is InChI=1S/C22H30F4O/c1-2-3-14-4-6-15(7-5-14)16-8-10-17(11-9-16)18-12-19(23)21(20(24)13-18)27-22(25)26/h12-17,22H,2-11H2,1H3. The van der Waals surface area contributed by atoms with E-state index in [2.05, 4.69) is 11.7 Å². The molecule has 2 saturated carbocycles. The van der Waals surface area contributed by atoms with E-state index in [1.165, 1.54) is 50.7 Å². The largest absolute Gasteiger partial charge is 0.429 e. The summed E-state index contributed by atoms with van der Waals surface area (Å²) in [4.78, 5) is 0. The van der Waals surface area contributed by atoms with Crippen LogP contribution in [0.25, 0.3) is 0 Å². The third-order valence-electron chi connectivity index (χ3n) is 6.73. The van der Waals surface area contributed by atoms with Gasteiger partial charge in [-0.3, -0.25) is 0 Å². The van der Waals surface area contributed by atoms with Gasteiger partial charge >= 0.3 is 6.61 Å². The van der Waals surface area contributed by atoms with E-state index in [1.807, 2.05) is 0 Å². The molecular weight excluding hydrogens is 356 g/mol. The Bertz CT molecular complexity index is 579. The highest BCUT2D eigenvalue weighted by molar-refractivity contribution is 5.33. The zero-order valence-corrected chi connectivity index (χ0v) is 16.0. The monoisotopic (exact) mass is 386 g/mol. The highest BCUT2D eigenvalue weighted by Crippen LogP contribution is 2.45. The number of halogens is 4. The molecule has 0 aliphatic heterocycles. The van der Waals surface area contributed by atoms with Crippen LogP contribution in [0.2, 0.25) is 0 Å². The number of rotatable bonds is 6. The van der Waals surface area contributed by atoms with Crippen molar-refractivity contribution in [1.82, 2.24) is 0 Å². The molecule has 2 fully saturated rings. The molecule has 0 saturated heterocycles. The van der Waals surface area contributed by atoms with Crippen LogP contribution in [0, 0.1) is 29.4 Å². The molecule has 0 heterocycles. The van der Waals surface area contributed by atoms with E-state index in [0.717, 1.165) is 43.4 Å². The van der Waals surface area contributed by atoms with Crippen LogP contribution in [0.1, 0.15) is 82.6 Å². The fourth-order valence-electron chi connectivity index (χ4n) is 5.30. The van der Waals surface area contributed by atoms with Crippen LogP contribution in [0.15, 0.2) is 12.1 Å². The number of ether oxygens (including phenoxy) is 1. The van der Waals surface area contributed by atoms with Crippen molar-refractivity contribution in [3.63, 3.8) is 0 Å². The average molecular weight is 386 g/mol. The van der Waals surface area contributed by atoms with Gasteiger partial charge in [0.15, 0.2) is 17.4 Å². The molecule has 5 heteroatoms. The van der Waals surface area contributed by atoms with Gasteiger partial charge in [0.2, 0.25) is 0 Å². The Morgan fingerprint density at radius 1 is 0.889 bits per heavy atom. The molecule has 0 aromatic heterocycles. The molecule has 3 rings (SSSR count). The predicted octanol–water partition coefficient (Wildman–Crippen LogP) is 7.45. The molecule has 0 atom stereocenters. The Morgan fingerprint density at radius 3 is 1.89 bits per heavy atom. The maximum absolute atomic E-state index is 14.0. The number of benzene rings is 1. The molecule has 0 spiro atoms. The lowest BCUT2D eigenvalue weighted by molar-refractivity contribution is -0.0546. The Labute approximate surface area is 159 Å². The molecule has 2 aliphatic rings. The van der Waals surface area contributed by atoms with Crippen LogP contribution in [0.4, 0.5) is 17.6 Å². The molecule has 1 aromatic rings. The first-order valence-corrected chi connectivity index (χ1v) is 10.4. The fraction of sp³-hybridized carbons (Fsp3) is 0.727. The zero-order valence-electron chi connectivity index (χ0n) is 16.0. The molecule has 0 bridgehead atoms. The van der Waals surface area contributed by atoms with Crippen molar-refractivity contribution in [2.24, 2.45) is 17.8 Å². The summed E-state index contributed by atoms with van der Waals surface area (Å²) in [5.41, 5.74) is 0.566. The van der Waals surface area contributed by atoms with Gasteiger partial charge in [-0.05, 0) is 79.9 Å². The maximum Gasteiger partial charge on any atom is 0.387 e. The summed E-state index contributed by atoms with van der Waals surface area (Å²) in [7, 11) is 0. The molecule has 0 N–H and O–H groups in total. The Hall–Kier alpha value is -1.26. The predicted molar refractivity (Wildman–Crippen MR) is 98.0 cm³/mol. The maximum atomic E-state index is 14.0.